The smallest absolute Gasteiger partial charge is 0.0658 e. The first kappa shape index (κ1) is 6.62. The maximum Gasteiger partial charge on any atom is 0.0658 e. The van der Waals surface area contributed by atoms with Gasteiger partial charge in [0.2, 0.25) is 0 Å². The molecule has 0 aromatic heterocycles. The second-order valence-corrected chi connectivity index (χ2v) is 3.20. The molecular formula is C2H8N2S2. The Morgan fingerprint density at radius 2 is 2.50 bits per heavy atom. The minimum Gasteiger partial charge on any atom is -0.271 e. The van der Waals surface area contributed by atoms with Crippen molar-refractivity contribution in [2.24, 2.45) is 5.84 Å². The van der Waals surface area contributed by atoms with E-state index in [1.54, 1.807) is 21.6 Å². The predicted octanol–water partition coefficient (Wildman–Crippen LogP) is 0.418. The zero-order valence-corrected chi connectivity index (χ0v) is 5.23. The van der Waals surface area contributed by atoms with Gasteiger partial charge in [-0.15, -0.1) is 0 Å². The van der Waals surface area contributed by atoms with E-state index in [0.29, 0.717) is 0 Å². The summed E-state index contributed by atoms with van der Waals surface area (Å²) in [6, 6.07) is 0. The lowest BCUT2D eigenvalue weighted by atomic mass is 11.5. The summed E-state index contributed by atoms with van der Waals surface area (Å²) in [5.74, 6) is 5.75. The fourth-order valence-electron chi connectivity index (χ4n) is 0.0929. The lowest BCUT2D eigenvalue weighted by Crippen LogP contribution is -2.19. The molecule has 0 atom stereocenters. The summed E-state index contributed by atoms with van der Waals surface area (Å²) in [5.41, 5.74) is 2.51. The van der Waals surface area contributed by atoms with Crippen LogP contribution in [0.15, 0.2) is 0 Å². The fraction of sp³-hybridized carbons (Fsp3) is 1.00. The van der Waals surface area contributed by atoms with Crippen LogP contribution < -0.4 is 11.3 Å². The van der Waals surface area contributed by atoms with E-state index in [1.807, 2.05) is 6.26 Å². The second-order valence-electron chi connectivity index (χ2n) is 0.633. The third kappa shape index (κ3) is 4.62. The first-order valence-corrected chi connectivity index (χ1v) is 4.23. The third-order valence-corrected chi connectivity index (χ3v) is 1.84. The van der Waals surface area contributed by atoms with Crippen molar-refractivity contribution in [2.45, 2.75) is 0 Å². The Morgan fingerprint density at radius 3 is 2.67 bits per heavy atom. The molecule has 0 saturated carbocycles. The Bertz CT molecular complexity index is 21.5. The number of rotatable bonds is 3. The van der Waals surface area contributed by atoms with Crippen LogP contribution in [0.5, 0.6) is 0 Å². The Labute approximate surface area is 45.6 Å². The largest absolute Gasteiger partial charge is 0.271 e. The van der Waals surface area contributed by atoms with Crippen molar-refractivity contribution < 1.29 is 0 Å². The van der Waals surface area contributed by atoms with E-state index in [4.69, 9.17) is 5.84 Å². The highest BCUT2D eigenvalue weighted by molar-refractivity contribution is 8.76. The van der Waals surface area contributed by atoms with Crippen LogP contribution in [0.2, 0.25) is 0 Å². The molecular weight excluding hydrogens is 116 g/mol. The second kappa shape index (κ2) is 5.62. The van der Waals surface area contributed by atoms with Crippen molar-refractivity contribution in [3.05, 3.63) is 0 Å². The Morgan fingerprint density at radius 1 is 1.83 bits per heavy atom. The zero-order valence-electron chi connectivity index (χ0n) is 3.60. The third-order valence-electron chi connectivity index (χ3n) is 0.260. The average molecular weight is 124 g/mol. The maximum atomic E-state index is 4.93. The molecule has 0 spiro atoms. The van der Waals surface area contributed by atoms with Gasteiger partial charge in [-0.05, 0) is 6.26 Å². The minimum atomic E-state index is 0.821. The van der Waals surface area contributed by atoms with Crippen LogP contribution in [0, 0.1) is 0 Å². The Hall–Kier alpha value is 0.620. The molecule has 3 N–H and O–H groups in total. The van der Waals surface area contributed by atoms with Gasteiger partial charge in [0.25, 0.3) is 0 Å². The van der Waals surface area contributed by atoms with Crippen LogP contribution in [-0.2, 0) is 0 Å². The van der Waals surface area contributed by atoms with Gasteiger partial charge in [0.15, 0.2) is 0 Å². The lowest BCUT2D eigenvalue weighted by molar-refractivity contribution is 0.874. The first-order valence-electron chi connectivity index (χ1n) is 1.51. The van der Waals surface area contributed by atoms with Crippen LogP contribution in [0.1, 0.15) is 0 Å². The van der Waals surface area contributed by atoms with Gasteiger partial charge >= 0.3 is 0 Å². The molecule has 0 rings (SSSR count). The molecule has 0 aliphatic heterocycles. The molecule has 4 heteroatoms. The fourth-order valence-corrected chi connectivity index (χ4v) is 0.837. The SMILES string of the molecule is CSSCNN. The van der Waals surface area contributed by atoms with Crippen LogP contribution in [0.25, 0.3) is 0 Å². The minimum absolute atomic E-state index is 0.821. The lowest BCUT2D eigenvalue weighted by Gasteiger charge is -1.89. The van der Waals surface area contributed by atoms with Crippen LogP contribution in [-0.4, -0.2) is 12.1 Å². The van der Waals surface area contributed by atoms with Gasteiger partial charge < -0.3 is 0 Å². The van der Waals surface area contributed by atoms with Crippen LogP contribution in [0.3, 0.4) is 0 Å². The normalized spacial score (nSPS) is 9.00. The molecule has 0 fully saturated rings. The summed E-state index contributed by atoms with van der Waals surface area (Å²) in [5, 5.41) is 0. The molecule has 0 bridgehead atoms. The molecule has 0 aliphatic carbocycles. The molecule has 0 aromatic rings. The zero-order chi connectivity index (χ0) is 4.83. The average Bonchev–Trinajstić information content (AvgIpc) is 1.61. The summed E-state index contributed by atoms with van der Waals surface area (Å²) in [6.45, 7) is 0. The van der Waals surface area contributed by atoms with E-state index in [9.17, 15) is 0 Å². The van der Waals surface area contributed by atoms with Crippen molar-refractivity contribution in [3.8, 4) is 0 Å². The molecule has 0 aliphatic rings. The quantitative estimate of drug-likeness (QED) is 0.188. The number of hydrogen-bond acceptors (Lipinski definition) is 4. The first-order chi connectivity index (χ1) is 2.91. The van der Waals surface area contributed by atoms with Gasteiger partial charge in [-0.2, -0.15) is 0 Å². The molecule has 0 heterocycles. The molecule has 0 unspecified atom stereocenters. The van der Waals surface area contributed by atoms with Crippen LogP contribution >= 0.6 is 21.6 Å². The molecule has 0 radical (unpaired) electrons. The Kier molecular flexibility index (Phi) is 6.20. The van der Waals surface area contributed by atoms with E-state index < -0.39 is 0 Å². The molecule has 6 heavy (non-hydrogen) atoms. The van der Waals surface area contributed by atoms with E-state index >= 15 is 0 Å². The summed E-state index contributed by atoms with van der Waals surface area (Å²) >= 11 is 0. The molecule has 0 saturated heterocycles. The van der Waals surface area contributed by atoms with Gasteiger partial charge in [-0.25, -0.2) is 5.43 Å². The van der Waals surface area contributed by atoms with Crippen LogP contribution in [0.4, 0.5) is 0 Å². The highest BCUT2D eigenvalue weighted by atomic mass is 33.1. The summed E-state index contributed by atoms with van der Waals surface area (Å²) in [6.07, 6.45) is 2.02. The van der Waals surface area contributed by atoms with E-state index in [1.165, 1.54) is 0 Å². The monoisotopic (exact) mass is 124 g/mol. The number of nitrogens with two attached hydrogens (primary N) is 1. The van der Waals surface area contributed by atoms with Crippen molar-refractivity contribution in [2.75, 3.05) is 12.1 Å². The number of hydrogen-bond donors (Lipinski definition) is 2. The topological polar surface area (TPSA) is 38.0 Å². The van der Waals surface area contributed by atoms with Gasteiger partial charge in [0, 0.05) is 0 Å². The number of nitrogens with one attached hydrogen (secondary N) is 1. The van der Waals surface area contributed by atoms with Gasteiger partial charge in [0.1, 0.15) is 0 Å². The van der Waals surface area contributed by atoms with E-state index in [2.05, 4.69) is 5.43 Å². The van der Waals surface area contributed by atoms with Crippen molar-refractivity contribution in [1.29, 1.82) is 0 Å². The van der Waals surface area contributed by atoms with Crippen molar-refractivity contribution in [3.63, 3.8) is 0 Å². The van der Waals surface area contributed by atoms with Gasteiger partial charge in [0.05, 0.1) is 5.88 Å². The van der Waals surface area contributed by atoms with Gasteiger partial charge in [-0.3, -0.25) is 5.84 Å². The highest BCUT2D eigenvalue weighted by Gasteiger charge is 1.73. The molecule has 0 amide bonds. The van der Waals surface area contributed by atoms with Crippen molar-refractivity contribution in [1.82, 2.24) is 5.43 Å². The maximum absolute atomic E-state index is 4.93. The summed E-state index contributed by atoms with van der Waals surface area (Å²) < 4.78 is 0. The number of hydrazine groups is 1. The Balaban J connectivity index is 2.34. The van der Waals surface area contributed by atoms with Crippen molar-refractivity contribution >= 4 is 21.6 Å². The summed E-state index contributed by atoms with van der Waals surface area (Å²) in [7, 11) is 3.39. The predicted molar refractivity (Wildman–Crippen MR) is 33.3 cm³/mol. The summed E-state index contributed by atoms with van der Waals surface area (Å²) in [4.78, 5) is 0. The molecule has 0 aromatic carbocycles. The highest BCUT2D eigenvalue weighted by Crippen LogP contribution is 2.12. The van der Waals surface area contributed by atoms with Gasteiger partial charge in [-0.1, -0.05) is 21.6 Å². The molecule has 38 valence electrons. The van der Waals surface area contributed by atoms with E-state index in [-0.39, 0.29) is 0 Å². The standard InChI is InChI=1S/C2H8N2S2/c1-5-6-2-4-3/h4H,2-3H2,1H3. The van der Waals surface area contributed by atoms with E-state index in [0.717, 1.165) is 5.88 Å². The molecule has 2 nitrogen and oxygen atoms in total.